The number of benzene rings is 2. The predicted octanol–water partition coefficient (Wildman–Crippen LogP) is 2.52. The summed E-state index contributed by atoms with van der Waals surface area (Å²) >= 11 is 0. The molecule has 0 bridgehead atoms. The fourth-order valence-corrected chi connectivity index (χ4v) is 4.51. The van der Waals surface area contributed by atoms with Gasteiger partial charge >= 0.3 is 0 Å². The number of hydrogen-bond acceptors (Lipinski definition) is 10. The van der Waals surface area contributed by atoms with Gasteiger partial charge in [-0.15, -0.1) is 0 Å². The molecular formula is C30H38N4O6. The fourth-order valence-electron chi connectivity index (χ4n) is 4.51. The van der Waals surface area contributed by atoms with E-state index in [-0.39, 0.29) is 24.7 Å². The van der Waals surface area contributed by atoms with Crippen LogP contribution in [0.25, 0.3) is 21.8 Å². The topological polar surface area (TPSA) is 132 Å². The van der Waals surface area contributed by atoms with E-state index in [0.717, 1.165) is 22.2 Å². The molecule has 0 saturated carbocycles. The van der Waals surface area contributed by atoms with E-state index in [0.29, 0.717) is 76.7 Å². The van der Waals surface area contributed by atoms with E-state index in [1.807, 2.05) is 36.4 Å². The van der Waals surface area contributed by atoms with E-state index in [9.17, 15) is 20.4 Å². The first-order valence-electron chi connectivity index (χ1n) is 13.5. The molecule has 0 aliphatic rings. The van der Waals surface area contributed by atoms with Gasteiger partial charge in [-0.25, -0.2) is 9.97 Å². The number of fused-ring (bicyclic) bond motifs is 2. The third-order valence-corrected chi connectivity index (χ3v) is 6.59. The second kappa shape index (κ2) is 15.4. The van der Waals surface area contributed by atoms with Crippen LogP contribution in [0.1, 0.15) is 11.4 Å². The lowest BCUT2D eigenvalue weighted by molar-refractivity contribution is 0.0268. The number of aliphatic hydroxyl groups excluding tert-OH is 2. The smallest absolute Gasteiger partial charge is 0.141 e. The summed E-state index contributed by atoms with van der Waals surface area (Å²) < 4.78 is 11.5. The van der Waals surface area contributed by atoms with Gasteiger partial charge in [-0.2, -0.15) is 0 Å². The lowest BCUT2D eigenvalue weighted by atomic mass is 10.2. The molecule has 2 aromatic heterocycles. The number of phenolic OH excluding ortho intramolecular Hbond substituents is 2. The summed E-state index contributed by atoms with van der Waals surface area (Å²) in [5.74, 6) is 0.308. The maximum Gasteiger partial charge on any atom is 0.141 e. The van der Waals surface area contributed by atoms with Crippen LogP contribution in [0.15, 0.2) is 60.7 Å². The SMILES string of the molecule is OCCN(CCOCCOCCN(CCO)Cc1ccc2cccc(O)c2n1)Cc1ccc2cccc(O)c2n1. The lowest BCUT2D eigenvalue weighted by Crippen LogP contribution is -2.31. The van der Waals surface area contributed by atoms with Crippen LogP contribution in [0.2, 0.25) is 0 Å². The van der Waals surface area contributed by atoms with Crippen molar-refractivity contribution < 1.29 is 29.9 Å². The molecule has 4 N–H and O–H groups in total. The molecule has 10 nitrogen and oxygen atoms in total. The summed E-state index contributed by atoms with van der Waals surface area (Å²) in [6, 6.07) is 18.4. The van der Waals surface area contributed by atoms with Crippen LogP contribution in [0, 0.1) is 0 Å². The van der Waals surface area contributed by atoms with Crippen LogP contribution < -0.4 is 0 Å². The van der Waals surface area contributed by atoms with Gasteiger partial charge in [-0.05, 0) is 24.3 Å². The Morgan fingerprint density at radius 3 is 1.43 bits per heavy atom. The van der Waals surface area contributed by atoms with Gasteiger partial charge in [0.15, 0.2) is 0 Å². The number of aliphatic hydroxyl groups is 2. The van der Waals surface area contributed by atoms with Crippen molar-refractivity contribution in [2.45, 2.75) is 13.1 Å². The van der Waals surface area contributed by atoms with Gasteiger partial charge in [0.2, 0.25) is 0 Å². The van der Waals surface area contributed by atoms with Crippen LogP contribution in [-0.4, -0.2) is 106 Å². The molecule has 0 amide bonds. The third kappa shape index (κ3) is 8.56. The van der Waals surface area contributed by atoms with E-state index in [1.165, 1.54) is 0 Å². The highest BCUT2D eigenvalue weighted by atomic mass is 16.5. The average molecular weight is 551 g/mol. The minimum atomic E-state index is 0.0299. The zero-order chi connectivity index (χ0) is 28.2. The number of ether oxygens (including phenoxy) is 2. The van der Waals surface area contributed by atoms with Crippen molar-refractivity contribution in [3.05, 3.63) is 72.1 Å². The lowest BCUT2D eigenvalue weighted by Gasteiger charge is -2.22. The summed E-state index contributed by atoms with van der Waals surface area (Å²) in [5, 5.41) is 40.9. The molecule has 0 fully saturated rings. The Morgan fingerprint density at radius 1 is 0.550 bits per heavy atom. The molecule has 0 atom stereocenters. The monoisotopic (exact) mass is 550 g/mol. The highest BCUT2D eigenvalue weighted by Crippen LogP contribution is 2.23. The summed E-state index contributed by atoms with van der Waals surface area (Å²) in [6.45, 7) is 5.23. The van der Waals surface area contributed by atoms with Crippen LogP contribution >= 0.6 is 0 Å². The van der Waals surface area contributed by atoms with Gasteiger partial charge in [-0.1, -0.05) is 36.4 Å². The van der Waals surface area contributed by atoms with Crippen LogP contribution in [-0.2, 0) is 22.6 Å². The molecule has 40 heavy (non-hydrogen) atoms. The molecule has 10 heteroatoms. The van der Waals surface area contributed by atoms with Gasteiger partial charge in [0.1, 0.15) is 22.5 Å². The highest BCUT2D eigenvalue weighted by molar-refractivity contribution is 5.84. The van der Waals surface area contributed by atoms with Crippen molar-refractivity contribution in [2.75, 3.05) is 65.8 Å². The first-order chi connectivity index (χ1) is 19.6. The largest absolute Gasteiger partial charge is 0.506 e. The zero-order valence-corrected chi connectivity index (χ0v) is 22.7. The van der Waals surface area contributed by atoms with Crippen LogP contribution in [0.3, 0.4) is 0 Å². The van der Waals surface area contributed by atoms with Gasteiger partial charge < -0.3 is 29.9 Å². The Balaban J connectivity index is 1.15. The van der Waals surface area contributed by atoms with Gasteiger partial charge in [0.25, 0.3) is 0 Å². The van der Waals surface area contributed by atoms with Crippen LogP contribution in [0.5, 0.6) is 11.5 Å². The number of nitrogens with zero attached hydrogens (tertiary/aromatic N) is 4. The Labute approximate surface area is 234 Å². The number of pyridine rings is 2. The molecule has 0 aliphatic heterocycles. The molecule has 0 aliphatic carbocycles. The molecular weight excluding hydrogens is 512 g/mol. The van der Waals surface area contributed by atoms with Crippen molar-refractivity contribution in [3.8, 4) is 11.5 Å². The van der Waals surface area contributed by atoms with Crippen molar-refractivity contribution in [1.82, 2.24) is 19.8 Å². The molecule has 2 aromatic carbocycles. The average Bonchev–Trinajstić information content (AvgIpc) is 2.95. The maximum atomic E-state index is 10.1. The fraction of sp³-hybridized carbons (Fsp3) is 0.400. The Hall–Kier alpha value is -3.38. The number of rotatable bonds is 17. The van der Waals surface area contributed by atoms with E-state index < -0.39 is 0 Å². The second-order valence-corrected chi connectivity index (χ2v) is 9.53. The van der Waals surface area contributed by atoms with Crippen molar-refractivity contribution in [3.63, 3.8) is 0 Å². The molecule has 0 spiro atoms. The van der Waals surface area contributed by atoms with E-state index in [1.54, 1.807) is 24.3 Å². The first-order valence-corrected chi connectivity index (χ1v) is 13.5. The van der Waals surface area contributed by atoms with Gasteiger partial charge in [0.05, 0.1) is 51.0 Å². The number of phenols is 2. The minimum absolute atomic E-state index is 0.0299. The number of hydrogen-bond donors (Lipinski definition) is 4. The molecule has 2 heterocycles. The van der Waals surface area contributed by atoms with E-state index >= 15 is 0 Å². The number of aromatic nitrogens is 2. The highest BCUT2D eigenvalue weighted by Gasteiger charge is 2.11. The Kier molecular flexibility index (Phi) is 11.4. The normalized spacial score (nSPS) is 11.8. The predicted molar refractivity (Wildman–Crippen MR) is 153 cm³/mol. The molecule has 0 unspecified atom stereocenters. The number of para-hydroxylation sites is 2. The second-order valence-electron chi connectivity index (χ2n) is 9.53. The maximum absolute atomic E-state index is 10.1. The summed E-state index contributed by atoms with van der Waals surface area (Å²) in [7, 11) is 0. The molecule has 4 rings (SSSR count). The quantitative estimate of drug-likeness (QED) is 0.145. The van der Waals surface area contributed by atoms with Crippen molar-refractivity contribution in [2.24, 2.45) is 0 Å². The van der Waals surface area contributed by atoms with Gasteiger partial charge in [-0.3, -0.25) is 9.80 Å². The molecule has 0 saturated heterocycles. The minimum Gasteiger partial charge on any atom is -0.506 e. The van der Waals surface area contributed by atoms with Gasteiger partial charge in [0, 0.05) is 50.0 Å². The molecule has 214 valence electrons. The standard InChI is InChI=1S/C30H38N4O6/c35-15-11-33(21-25-9-7-23-3-1-5-27(37)29(23)31-25)13-17-39-19-20-40-18-14-34(12-16-36)22-26-10-8-24-4-2-6-28(38)30(24)32-26/h1-10,35-38H,11-22H2. The van der Waals surface area contributed by atoms with Crippen molar-refractivity contribution >= 4 is 21.8 Å². The van der Waals surface area contributed by atoms with E-state index in [4.69, 9.17) is 9.47 Å². The summed E-state index contributed by atoms with van der Waals surface area (Å²) in [5.41, 5.74) is 2.77. The summed E-state index contributed by atoms with van der Waals surface area (Å²) in [6.07, 6.45) is 0. The van der Waals surface area contributed by atoms with E-state index in [2.05, 4.69) is 19.8 Å². The summed E-state index contributed by atoms with van der Waals surface area (Å²) in [4.78, 5) is 13.3. The number of aromatic hydroxyl groups is 2. The third-order valence-electron chi connectivity index (χ3n) is 6.59. The Morgan fingerprint density at radius 2 is 1.00 bits per heavy atom. The first kappa shape index (κ1) is 29.6. The zero-order valence-electron chi connectivity index (χ0n) is 22.7. The molecule has 4 aromatic rings. The van der Waals surface area contributed by atoms with Crippen LogP contribution in [0.4, 0.5) is 0 Å². The Bertz CT molecular complexity index is 1250. The molecule has 0 radical (unpaired) electrons. The van der Waals surface area contributed by atoms with Crippen molar-refractivity contribution in [1.29, 1.82) is 0 Å².